The third kappa shape index (κ3) is 6.21. The van der Waals surface area contributed by atoms with Crippen LogP contribution in [-0.2, 0) is 14.6 Å². The third-order valence-corrected chi connectivity index (χ3v) is 7.64. The summed E-state index contributed by atoms with van der Waals surface area (Å²) in [5.74, 6) is 1.87. The van der Waals surface area contributed by atoms with Gasteiger partial charge in [0.15, 0.2) is 9.84 Å². The first kappa shape index (κ1) is 22.6. The highest BCUT2D eigenvalue weighted by Crippen LogP contribution is 2.33. The number of hydrogen-bond donors (Lipinski definition) is 2. The van der Waals surface area contributed by atoms with E-state index in [0.29, 0.717) is 28.6 Å². The van der Waals surface area contributed by atoms with Crippen LogP contribution in [0.4, 0.5) is 0 Å². The third-order valence-electron chi connectivity index (χ3n) is 4.62. The Hall–Kier alpha value is -2.07. The van der Waals surface area contributed by atoms with E-state index in [1.54, 1.807) is 60.3 Å². The van der Waals surface area contributed by atoms with Crippen LogP contribution in [0.15, 0.2) is 53.4 Å². The lowest BCUT2D eigenvalue weighted by Gasteiger charge is -2.17. The van der Waals surface area contributed by atoms with Crippen molar-refractivity contribution in [3.05, 3.63) is 48.5 Å². The SMILES string of the molecule is CCCC(N)C(N)C(=O)Oc1ccc(Oc2ccc(S(=O)(=O)CC3CS3)cc2)cc1. The average molecular weight is 451 g/mol. The molecule has 3 unspecified atom stereocenters. The van der Waals surface area contributed by atoms with Gasteiger partial charge in [0.2, 0.25) is 0 Å². The van der Waals surface area contributed by atoms with Crippen LogP contribution in [-0.4, -0.2) is 43.2 Å². The van der Waals surface area contributed by atoms with Gasteiger partial charge < -0.3 is 20.9 Å². The molecule has 1 fully saturated rings. The van der Waals surface area contributed by atoms with Gasteiger partial charge in [-0.3, -0.25) is 0 Å². The first-order chi connectivity index (χ1) is 14.3. The molecule has 2 aromatic carbocycles. The van der Waals surface area contributed by atoms with E-state index in [1.165, 1.54) is 0 Å². The van der Waals surface area contributed by atoms with Crippen molar-refractivity contribution in [2.75, 3.05) is 11.5 Å². The van der Waals surface area contributed by atoms with E-state index in [-0.39, 0.29) is 11.0 Å². The molecule has 0 amide bonds. The van der Waals surface area contributed by atoms with Crippen LogP contribution in [0.3, 0.4) is 0 Å². The molecule has 1 aliphatic rings. The summed E-state index contributed by atoms with van der Waals surface area (Å²) in [7, 11) is -3.26. The molecule has 30 heavy (non-hydrogen) atoms. The van der Waals surface area contributed by atoms with Gasteiger partial charge in [-0.2, -0.15) is 11.8 Å². The Bertz CT molecular complexity index is 958. The van der Waals surface area contributed by atoms with Crippen molar-refractivity contribution < 1.29 is 22.7 Å². The van der Waals surface area contributed by atoms with Crippen molar-refractivity contribution in [3.63, 3.8) is 0 Å². The molecule has 1 saturated heterocycles. The molecule has 4 N–H and O–H groups in total. The second-order valence-electron chi connectivity index (χ2n) is 7.18. The van der Waals surface area contributed by atoms with Gasteiger partial charge in [0.05, 0.1) is 10.6 Å². The topological polar surface area (TPSA) is 122 Å². The van der Waals surface area contributed by atoms with Gasteiger partial charge in [-0.05, 0) is 55.0 Å². The van der Waals surface area contributed by atoms with Crippen LogP contribution in [0, 0.1) is 0 Å². The number of carbonyl (C=O) groups excluding carboxylic acids is 1. The summed E-state index contributed by atoms with van der Waals surface area (Å²) >= 11 is 1.66. The van der Waals surface area contributed by atoms with E-state index >= 15 is 0 Å². The predicted molar refractivity (Wildman–Crippen MR) is 118 cm³/mol. The van der Waals surface area contributed by atoms with Gasteiger partial charge in [-0.1, -0.05) is 13.3 Å². The molecule has 1 heterocycles. The predicted octanol–water partition coefficient (Wildman–Crippen LogP) is 2.73. The number of thioether (sulfide) groups is 1. The summed E-state index contributed by atoms with van der Waals surface area (Å²) < 4.78 is 35.6. The minimum absolute atomic E-state index is 0.172. The number of esters is 1. The van der Waals surface area contributed by atoms with Crippen molar-refractivity contribution in [1.82, 2.24) is 0 Å². The summed E-state index contributed by atoms with van der Waals surface area (Å²) in [5, 5.41) is 0.218. The molecule has 9 heteroatoms. The Balaban J connectivity index is 1.57. The van der Waals surface area contributed by atoms with Gasteiger partial charge in [-0.15, -0.1) is 0 Å². The summed E-state index contributed by atoms with van der Waals surface area (Å²) in [6.07, 6.45) is 1.48. The first-order valence-corrected chi connectivity index (χ1v) is 12.4. The number of hydrogen-bond acceptors (Lipinski definition) is 8. The minimum Gasteiger partial charge on any atom is -0.457 e. The summed E-state index contributed by atoms with van der Waals surface area (Å²) in [6, 6.07) is 11.5. The standard InChI is InChI=1S/C21H26N2O5S2/c1-2-3-19(22)20(23)21(24)28-16-6-4-14(5-7-16)27-15-8-10-18(11-9-15)30(25,26)13-17-12-29-17/h4-11,17,19-20H,2-3,12-13,22-23H2,1H3. The normalized spacial score (nSPS) is 17.8. The van der Waals surface area contributed by atoms with Gasteiger partial charge >= 0.3 is 5.97 Å². The smallest absolute Gasteiger partial charge is 0.329 e. The molecular weight excluding hydrogens is 424 g/mol. The molecule has 3 atom stereocenters. The lowest BCUT2D eigenvalue weighted by Crippen LogP contribution is -2.48. The Kier molecular flexibility index (Phi) is 7.41. The Morgan fingerprint density at radius 3 is 2.13 bits per heavy atom. The van der Waals surface area contributed by atoms with Crippen LogP contribution in [0.1, 0.15) is 19.8 Å². The lowest BCUT2D eigenvalue weighted by molar-refractivity contribution is -0.136. The summed E-state index contributed by atoms with van der Waals surface area (Å²) in [6.45, 7) is 1.97. The molecule has 0 aromatic heterocycles. The molecule has 7 nitrogen and oxygen atoms in total. The van der Waals surface area contributed by atoms with E-state index in [0.717, 1.165) is 12.2 Å². The zero-order valence-corrected chi connectivity index (χ0v) is 18.3. The van der Waals surface area contributed by atoms with Gasteiger partial charge in [0.1, 0.15) is 23.3 Å². The van der Waals surface area contributed by atoms with Crippen molar-refractivity contribution in [3.8, 4) is 17.2 Å². The molecule has 0 aliphatic carbocycles. The highest BCUT2D eigenvalue weighted by molar-refractivity contribution is 8.08. The molecule has 2 aromatic rings. The minimum atomic E-state index is -3.26. The number of sulfone groups is 1. The maximum absolute atomic E-state index is 12.3. The quantitative estimate of drug-likeness (QED) is 0.322. The first-order valence-electron chi connectivity index (χ1n) is 9.73. The molecule has 0 bridgehead atoms. The average Bonchev–Trinajstić information content (AvgIpc) is 3.52. The summed E-state index contributed by atoms with van der Waals surface area (Å²) in [5.41, 5.74) is 11.7. The second kappa shape index (κ2) is 9.82. The maximum atomic E-state index is 12.3. The van der Waals surface area contributed by atoms with Crippen LogP contribution in [0.2, 0.25) is 0 Å². The zero-order valence-electron chi connectivity index (χ0n) is 16.7. The largest absolute Gasteiger partial charge is 0.457 e. The Labute approximate surface area is 181 Å². The second-order valence-corrected chi connectivity index (χ2v) is 10.5. The number of ether oxygens (including phenoxy) is 2. The highest BCUT2D eigenvalue weighted by atomic mass is 32.2. The van der Waals surface area contributed by atoms with Crippen molar-refractivity contribution in [2.45, 2.75) is 42.0 Å². The Morgan fingerprint density at radius 2 is 1.60 bits per heavy atom. The number of benzene rings is 2. The van der Waals surface area contributed by atoms with Crippen LogP contribution in [0.25, 0.3) is 0 Å². The molecule has 0 saturated carbocycles. The summed E-state index contributed by atoms with van der Waals surface area (Å²) in [4.78, 5) is 12.4. The van der Waals surface area contributed by atoms with E-state index < -0.39 is 27.9 Å². The molecule has 162 valence electrons. The van der Waals surface area contributed by atoms with Crippen LogP contribution in [0.5, 0.6) is 17.2 Å². The van der Waals surface area contributed by atoms with Gasteiger partial charge in [0.25, 0.3) is 0 Å². The van der Waals surface area contributed by atoms with Gasteiger partial charge in [0, 0.05) is 17.0 Å². The van der Waals surface area contributed by atoms with Gasteiger partial charge in [-0.25, -0.2) is 13.2 Å². The van der Waals surface area contributed by atoms with E-state index in [4.69, 9.17) is 20.9 Å². The van der Waals surface area contributed by atoms with Crippen LogP contribution >= 0.6 is 11.8 Å². The molecule has 0 radical (unpaired) electrons. The van der Waals surface area contributed by atoms with E-state index in [2.05, 4.69) is 0 Å². The molecular formula is C21H26N2O5S2. The zero-order chi connectivity index (χ0) is 21.7. The fourth-order valence-corrected chi connectivity index (χ4v) is 5.48. The monoisotopic (exact) mass is 450 g/mol. The molecule has 1 aliphatic heterocycles. The number of nitrogens with two attached hydrogens (primary N) is 2. The maximum Gasteiger partial charge on any atom is 0.329 e. The van der Waals surface area contributed by atoms with Crippen LogP contribution < -0.4 is 20.9 Å². The van der Waals surface area contributed by atoms with Crippen molar-refractivity contribution >= 4 is 27.6 Å². The fraction of sp³-hybridized carbons (Fsp3) is 0.381. The fourth-order valence-electron chi connectivity index (χ4n) is 2.80. The molecule has 3 rings (SSSR count). The van der Waals surface area contributed by atoms with Crippen molar-refractivity contribution in [1.29, 1.82) is 0 Å². The van der Waals surface area contributed by atoms with E-state index in [1.807, 2.05) is 6.92 Å². The highest BCUT2D eigenvalue weighted by Gasteiger charge is 2.30. The lowest BCUT2D eigenvalue weighted by atomic mass is 10.1. The Morgan fingerprint density at radius 1 is 1.07 bits per heavy atom. The van der Waals surface area contributed by atoms with E-state index in [9.17, 15) is 13.2 Å². The number of carbonyl (C=O) groups is 1. The number of rotatable bonds is 10. The molecule has 0 spiro atoms. The van der Waals surface area contributed by atoms with Crippen molar-refractivity contribution in [2.24, 2.45) is 11.5 Å².